The number of aromatic nitrogens is 1. The molecular weight excluding hydrogens is 206 g/mol. The van der Waals surface area contributed by atoms with Gasteiger partial charge in [0.15, 0.2) is 0 Å². The predicted octanol–water partition coefficient (Wildman–Crippen LogP) is 2.62. The highest BCUT2D eigenvalue weighted by Crippen LogP contribution is 2.16. The molecular formula is C11H17N3O2. The minimum atomic E-state index is -0.430. The molecule has 5 heteroatoms. The Labute approximate surface area is 95.3 Å². The molecule has 0 atom stereocenters. The van der Waals surface area contributed by atoms with Gasteiger partial charge in [-0.3, -0.25) is 10.1 Å². The molecule has 0 aliphatic carbocycles. The average molecular weight is 223 g/mol. The fourth-order valence-electron chi connectivity index (χ4n) is 1.55. The zero-order valence-electron chi connectivity index (χ0n) is 9.72. The molecule has 1 aromatic rings. The van der Waals surface area contributed by atoms with Gasteiger partial charge in [-0.25, -0.2) is 4.98 Å². The summed E-state index contributed by atoms with van der Waals surface area (Å²) in [6.45, 7) is 6.07. The molecule has 1 rings (SSSR count). The normalized spacial score (nSPS) is 10.1. The Morgan fingerprint density at radius 3 is 2.31 bits per heavy atom. The van der Waals surface area contributed by atoms with E-state index in [9.17, 15) is 10.1 Å². The van der Waals surface area contributed by atoms with Crippen LogP contribution in [0.25, 0.3) is 0 Å². The first-order chi connectivity index (χ1) is 7.69. The van der Waals surface area contributed by atoms with Crippen molar-refractivity contribution in [1.82, 2.24) is 4.98 Å². The lowest BCUT2D eigenvalue weighted by Crippen LogP contribution is -2.25. The van der Waals surface area contributed by atoms with Gasteiger partial charge in [-0.2, -0.15) is 0 Å². The minimum Gasteiger partial charge on any atom is -0.357 e. The van der Waals surface area contributed by atoms with Gasteiger partial charge in [0.05, 0.1) is 4.92 Å². The summed E-state index contributed by atoms with van der Waals surface area (Å²) in [4.78, 5) is 16.3. The van der Waals surface area contributed by atoms with Crippen LogP contribution >= 0.6 is 0 Å². The maximum absolute atomic E-state index is 10.5. The molecule has 0 spiro atoms. The number of nitrogens with zero attached hydrogens (tertiary/aromatic N) is 3. The second kappa shape index (κ2) is 6.05. The summed E-state index contributed by atoms with van der Waals surface area (Å²) in [5.74, 6) is 0.814. The highest BCUT2D eigenvalue weighted by atomic mass is 16.6. The average Bonchev–Trinajstić information content (AvgIpc) is 2.29. The molecule has 0 unspecified atom stereocenters. The maximum atomic E-state index is 10.5. The highest BCUT2D eigenvalue weighted by Gasteiger charge is 2.09. The summed E-state index contributed by atoms with van der Waals surface area (Å²) in [6.07, 6.45) is 3.39. The van der Waals surface area contributed by atoms with Crippen molar-refractivity contribution in [2.24, 2.45) is 0 Å². The number of pyridine rings is 1. The lowest BCUT2D eigenvalue weighted by molar-refractivity contribution is -0.385. The monoisotopic (exact) mass is 223 g/mol. The van der Waals surface area contributed by atoms with Crippen LogP contribution in [0.1, 0.15) is 26.7 Å². The third kappa shape index (κ3) is 3.18. The zero-order chi connectivity index (χ0) is 12.0. The molecule has 0 saturated heterocycles. The lowest BCUT2D eigenvalue weighted by atomic mass is 10.3. The van der Waals surface area contributed by atoms with Crippen molar-refractivity contribution >= 4 is 11.5 Å². The van der Waals surface area contributed by atoms with Crippen LogP contribution in [0.15, 0.2) is 18.3 Å². The second-order valence-corrected chi connectivity index (χ2v) is 3.62. The fourth-order valence-corrected chi connectivity index (χ4v) is 1.55. The molecule has 88 valence electrons. The van der Waals surface area contributed by atoms with Gasteiger partial charge in [0.2, 0.25) is 0 Å². The van der Waals surface area contributed by atoms with Crippen LogP contribution in [-0.4, -0.2) is 23.0 Å². The topological polar surface area (TPSA) is 59.3 Å². The van der Waals surface area contributed by atoms with Crippen molar-refractivity contribution in [2.45, 2.75) is 26.7 Å². The molecule has 0 aliphatic heterocycles. The van der Waals surface area contributed by atoms with Crippen LogP contribution < -0.4 is 4.90 Å². The van der Waals surface area contributed by atoms with E-state index in [2.05, 4.69) is 23.7 Å². The van der Waals surface area contributed by atoms with Gasteiger partial charge >= 0.3 is 0 Å². The summed E-state index contributed by atoms with van der Waals surface area (Å²) in [5.41, 5.74) is 0.0386. The van der Waals surface area contributed by atoms with E-state index in [1.54, 1.807) is 6.07 Å². The van der Waals surface area contributed by atoms with E-state index in [4.69, 9.17) is 0 Å². The number of hydrogen-bond acceptors (Lipinski definition) is 4. The SMILES string of the molecule is CCCN(CCC)c1ccc([N+](=O)[O-])cn1. The van der Waals surface area contributed by atoms with E-state index in [1.165, 1.54) is 12.3 Å². The summed E-state index contributed by atoms with van der Waals surface area (Å²) >= 11 is 0. The Hall–Kier alpha value is -1.65. The van der Waals surface area contributed by atoms with Gasteiger partial charge in [0, 0.05) is 19.2 Å². The number of anilines is 1. The van der Waals surface area contributed by atoms with Gasteiger partial charge in [-0.1, -0.05) is 13.8 Å². The van der Waals surface area contributed by atoms with Crippen molar-refractivity contribution in [3.8, 4) is 0 Å². The smallest absolute Gasteiger partial charge is 0.287 e. The molecule has 0 amide bonds. The summed E-state index contributed by atoms with van der Waals surface area (Å²) in [5, 5.41) is 10.5. The molecule has 0 bridgehead atoms. The van der Waals surface area contributed by atoms with Crippen LogP contribution in [0, 0.1) is 10.1 Å². The molecule has 1 aromatic heterocycles. The van der Waals surface area contributed by atoms with Gasteiger partial charge in [-0.05, 0) is 18.9 Å². The van der Waals surface area contributed by atoms with Crippen LogP contribution in [0.4, 0.5) is 11.5 Å². The minimum absolute atomic E-state index is 0.0386. The number of hydrogen-bond donors (Lipinski definition) is 0. The van der Waals surface area contributed by atoms with Crippen LogP contribution in [-0.2, 0) is 0 Å². The Balaban J connectivity index is 2.80. The van der Waals surface area contributed by atoms with Crippen molar-refractivity contribution < 1.29 is 4.92 Å². The summed E-state index contributed by atoms with van der Waals surface area (Å²) in [7, 11) is 0. The van der Waals surface area contributed by atoms with Gasteiger partial charge in [-0.15, -0.1) is 0 Å². The van der Waals surface area contributed by atoms with Crippen molar-refractivity contribution in [3.63, 3.8) is 0 Å². The van der Waals surface area contributed by atoms with Crippen molar-refractivity contribution in [3.05, 3.63) is 28.4 Å². The van der Waals surface area contributed by atoms with Gasteiger partial charge in [0.1, 0.15) is 12.0 Å². The molecule has 0 fully saturated rings. The Bertz CT molecular complexity index is 332. The van der Waals surface area contributed by atoms with Crippen LogP contribution in [0.2, 0.25) is 0 Å². The molecule has 0 N–H and O–H groups in total. The number of rotatable bonds is 6. The van der Waals surface area contributed by atoms with Gasteiger partial charge in [0.25, 0.3) is 5.69 Å². The quantitative estimate of drug-likeness (QED) is 0.549. The molecule has 0 saturated carbocycles. The van der Waals surface area contributed by atoms with E-state index >= 15 is 0 Å². The molecule has 5 nitrogen and oxygen atoms in total. The van der Waals surface area contributed by atoms with E-state index < -0.39 is 4.92 Å². The van der Waals surface area contributed by atoms with Crippen molar-refractivity contribution in [1.29, 1.82) is 0 Å². The predicted molar refractivity (Wildman–Crippen MR) is 63.7 cm³/mol. The van der Waals surface area contributed by atoms with E-state index in [-0.39, 0.29) is 5.69 Å². The first kappa shape index (κ1) is 12.4. The molecule has 0 aromatic carbocycles. The fraction of sp³-hybridized carbons (Fsp3) is 0.545. The first-order valence-corrected chi connectivity index (χ1v) is 5.54. The first-order valence-electron chi connectivity index (χ1n) is 5.54. The maximum Gasteiger partial charge on any atom is 0.287 e. The van der Waals surface area contributed by atoms with Crippen LogP contribution in [0.5, 0.6) is 0 Å². The molecule has 0 radical (unpaired) electrons. The van der Waals surface area contributed by atoms with Gasteiger partial charge < -0.3 is 4.90 Å². The Morgan fingerprint density at radius 1 is 1.31 bits per heavy atom. The second-order valence-electron chi connectivity index (χ2n) is 3.62. The summed E-state index contributed by atoms with van der Waals surface area (Å²) in [6, 6.07) is 3.21. The Kier molecular flexibility index (Phi) is 4.69. The third-order valence-corrected chi connectivity index (χ3v) is 2.25. The number of nitro groups is 1. The molecule has 1 heterocycles. The van der Waals surface area contributed by atoms with E-state index in [0.717, 1.165) is 31.7 Å². The highest BCUT2D eigenvalue weighted by molar-refractivity contribution is 5.42. The largest absolute Gasteiger partial charge is 0.357 e. The van der Waals surface area contributed by atoms with E-state index in [1.807, 2.05) is 0 Å². The standard InChI is InChI=1S/C11H17N3O2/c1-3-7-13(8-4-2)11-6-5-10(9-12-11)14(15)16/h5-6,9H,3-4,7-8H2,1-2H3. The molecule has 0 aliphatic rings. The van der Waals surface area contributed by atoms with Crippen LogP contribution in [0.3, 0.4) is 0 Å². The summed E-state index contributed by atoms with van der Waals surface area (Å²) < 4.78 is 0. The van der Waals surface area contributed by atoms with Crippen molar-refractivity contribution in [2.75, 3.05) is 18.0 Å². The van der Waals surface area contributed by atoms with E-state index in [0.29, 0.717) is 0 Å². The Morgan fingerprint density at radius 2 is 1.94 bits per heavy atom. The zero-order valence-corrected chi connectivity index (χ0v) is 9.72. The lowest BCUT2D eigenvalue weighted by Gasteiger charge is -2.22. The third-order valence-electron chi connectivity index (χ3n) is 2.25. The molecule has 16 heavy (non-hydrogen) atoms.